The van der Waals surface area contributed by atoms with Crippen molar-refractivity contribution in [3.05, 3.63) is 76.9 Å². The molecule has 1 fully saturated rings. The first-order valence-electron chi connectivity index (χ1n) is 11.1. The van der Waals surface area contributed by atoms with Crippen molar-refractivity contribution < 1.29 is 37.3 Å². The molecule has 2 aromatic carbocycles. The van der Waals surface area contributed by atoms with E-state index >= 15 is 0 Å². The number of aryl methyl sites for hydroxylation is 1. The molecule has 3 aromatic rings. The van der Waals surface area contributed by atoms with E-state index in [1.54, 1.807) is 19.2 Å². The molecule has 35 heavy (non-hydrogen) atoms. The van der Waals surface area contributed by atoms with Crippen LogP contribution in [0.5, 0.6) is 0 Å². The van der Waals surface area contributed by atoms with E-state index in [1.807, 2.05) is 25.1 Å². The van der Waals surface area contributed by atoms with Crippen molar-refractivity contribution >= 4 is 5.97 Å². The fraction of sp³-hybridized carbons (Fsp3) is 0.385. The van der Waals surface area contributed by atoms with Crippen LogP contribution in [0.3, 0.4) is 0 Å². The fourth-order valence-electron chi connectivity index (χ4n) is 4.35. The van der Waals surface area contributed by atoms with Crippen LogP contribution in [-0.4, -0.2) is 51.8 Å². The van der Waals surface area contributed by atoms with Crippen LogP contribution in [0.25, 0.3) is 11.5 Å². The van der Waals surface area contributed by atoms with Gasteiger partial charge in [0.15, 0.2) is 0 Å². The molecule has 1 aliphatic heterocycles. The third-order valence-electron chi connectivity index (χ3n) is 6.00. The van der Waals surface area contributed by atoms with Crippen LogP contribution in [0, 0.1) is 18.2 Å². The summed E-state index contributed by atoms with van der Waals surface area (Å²) in [6.07, 6.45) is 0.937. The van der Waals surface area contributed by atoms with E-state index in [4.69, 9.17) is 28.1 Å². The Bertz CT molecular complexity index is 1140. The van der Waals surface area contributed by atoms with E-state index < -0.39 is 17.5 Å². The van der Waals surface area contributed by atoms with Gasteiger partial charge in [0.2, 0.25) is 5.89 Å². The number of methoxy groups -OCH3 is 2. The maximum absolute atomic E-state index is 13.2. The van der Waals surface area contributed by atoms with Crippen molar-refractivity contribution in [2.45, 2.75) is 19.6 Å². The van der Waals surface area contributed by atoms with E-state index in [-0.39, 0.29) is 25.8 Å². The Morgan fingerprint density at radius 3 is 2.57 bits per heavy atom. The van der Waals surface area contributed by atoms with Crippen molar-refractivity contribution in [1.29, 1.82) is 0 Å². The number of hydrogen-bond donors (Lipinski definition) is 0. The lowest BCUT2D eigenvalue weighted by atomic mass is 9.78. The molecule has 0 spiro atoms. The summed E-state index contributed by atoms with van der Waals surface area (Å²) in [6.45, 7) is 3.00. The van der Waals surface area contributed by atoms with Crippen LogP contribution in [0.15, 0.2) is 53.1 Å². The quantitative estimate of drug-likeness (QED) is 0.410. The third-order valence-corrected chi connectivity index (χ3v) is 6.00. The number of halogens is 1. The number of nitrogens with zero attached hydrogens (tertiary/aromatic N) is 1. The number of esters is 1. The molecule has 2 heterocycles. The van der Waals surface area contributed by atoms with Gasteiger partial charge in [0.05, 0.1) is 50.6 Å². The van der Waals surface area contributed by atoms with Crippen molar-refractivity contribution in [2.75, 3.05) is 40.8 Å². The van der Waals surface area contributed by atoms with E-state index in [0.29, 0.717) is 41.5 Å². The van der Waals surface area contributed by atoms with Gasteiger partial charge in [-0.05, 0) is 42.3 Å². The Morgan fingerprint density at radius 2 is 1.89 bits per heavy atom. The van der Waals surface area contributed by atoms with Gasteiger partial charge in [-0.2, -0.15) is 0 Å². The lowest BCUT2D eigenvalue weighted by Gasteiger charge is -2.42. The van der Waals surface area contributed by atoms with Crippen molar-refractivity contribution in [3.8, 4) is 11.5 Å². The highest BCUT2D eigenvalue weighted by molar-refractivity contribution is 5.92. The van der Waals surface area contributed by atoms with Gasteiger partial charge in [-0.3, -0.25) is 0 Å². The monoisotopic (exact) mass is 485 g/mol. The van der Waals surface area contributed by atoms with E-state index in [0.717, 1.165) is 5.56 Å². The summed E-state index contributed by atoms with van der Waals surface area (Å²) in [5.74, 6) is -0.396. The summed E-state index contributed by atoms with van der Waals surface area (Å²) in [7, 11) is 2.93. The second kappa shape index (κ2) is 11.1. The molecular weight excluding hydrogens is 457 g/mol. The molecule has 4 rings (SSSR count). The van der Waals surface area contributed by atoms with Gasteiger partial charge in [-0.15, -0.1) is 0 Å². The van der Waals surface area contributed by atoms with Crippen LogP contribution in [0.1, 0.15) is 33.3 Å². The van der Waals surface area contributed by atoms with Gasteiger partial charge in [0.25, 0.3) is 0 Å². The lowest BCUT2D eigenvalue weighted by molar-refractivity contribution is -0.220. The summed E-state index contributed by atoms with van der Waals surface area (Å²) in [5.41, 5.74) is 2.42. The van der Waals surface area contributed by atoms with E-state index in [1.165, 1.54) is 25.5 Å². The van der Waals surface area contributed by atoms with Crippen molar-refractivity contribution in [3.63, 3.8) is 0 Å². The first-order chi connectivity index (χ1) is 17.0. The van der Waals surface area contributed by atoms with Gasteiger partial charge in [0.1, 0.15) is 24.6 Å². The van der Waals surface area contributed by atoms with Gasteiger partial charge < -0.3 is 28.1 Å². The van der Waals surface area contributed by atoms with Crippen molar-refractivity contribution in [1.82, 2.24) is 4.98 Å². The summed E-state index contributed by atoms with van der Waals surface area (Å²) < 4.78 is 47.0. The minimum absolute atomic E-state index is 0.167. The van der Waals surface area contributed by atoms with Gasteiger partial charge in [-0.25, -0.2) is 14.2 Å². The first-order valence-corrected chi connectivity index (χ1v) is 11.1. The highest BCUT2D eigenvalue weighted by Crippen LogP contribution is 2.42. The predicted octanol–water partition coefficient (Wildman–Crippen LogP) is 4.47. The lowest BCUT2D eigenvalue weighted by Crippen LogP contribution is -2.47. The largest absolute Gasteiger partial charge is 0.465 e. The normalized spacial score (nSPS) is 16.1. The molecule has 1 unspecified atom stereocenters. The highest BCUT2D eigenvalue weighted by atomic mass is 19.1. The number of carbonyl (C=O) groups excluding carboxylic acids is 1. The Labute approximate surface area is 202 Å². The predicted molar refractivity (Wildman–Crippen MR) is 123 cm³/mol. The van der Waals surface area contributed by atoms with Crippen molar-refractivity contribution in [2.24, 2.45) is 5.41 Å². The average Bonchev–Trinajstić information content (AvgIpc) is 3.34. The minimum Gasteiger partial charge on any atom is -0.465 e. The fourth-order valence-corrected chi connectivity index (χ4v) is 4.35. The Balaban J connectivity index is 1.54. The number of carbonyl (C=O) groups is 1. The summed E-state index contributed by atoms with van der Waals surface area (Å²) in [4.78, 5) is 17.0. The summed E-state index contributed by atoms with van der Waals surface area (Å²) in [5, 5.41) is 0. The van der Waals surface area contributed by atoms with Crippen LogP contribution in [0.2, 0.25) is 0 Å². The van der Waals surface area contributed by atoms with E-state index in [2.05, 4.69) is 4.98 Å². The number of rotatable bonds is 9. The smallest absolute Gasteiger partial charge is 0.338 e. The first kappa shape index (κ1) is 25.0. The molecule has 0 saturated carbocycles. The molecule has 0 bridgehead atoms. The second-order valence-corrected chi connectivity index (χ2v) is 8.47. The number of ether oxygens (including phenoxy) is 5. The summed E-state index contributed by atoms with van der Waals surface area (Å²) >= 11 is 0. The molecule has 186 valence electrons. The molecule has 1 atom stereocenters. The highest BCUT2D eigenvalue weighted by Gasteiger charge is 2.45. The number of hydrogen-bond acceptors (Lipinski definition) is 8. The molecule has 0 amide bonds. The molecule has 0 aliphatic carbocycles. The molecule has 1 aromatic heterocycles. The molecule has 0 N–H and O–H groups in total. The maximum Gasteiger partial charge on any atom is 0.338 e. The maximum atomic E-state index is 13.2. The minimum atomic E-state index is -0.729. The number of benzene rings is 2. The Kier molecular flexibility index (Phi) is 7.92. The van der Waals surface area contributed by atoms with Gasteiger partial charge in [-0.1, -0.05) is 18.2 Å². The molecule has 1 saturated heterocycles. The zero-order valence-electron chi connectivity index (χ0n) is 19.9. The van der Waals surface area contributed by atoms with E-state index in [9.17, 15) is 9.18 Å². The zero-order valence-corrected chi connectivity index (χ0v) is 19.9. The SMILES string of the molecule is COC(=O)c1c(C)cccc1C(OC)C1(COCc2coc(-c3ccc(F)cc3)n2)COCOC1. The van der Waals surface area contributed by atoms with Crippen LogP contribution < -0.4 is 0 Å². The molecule has 8 nitrogen and oxygen atoms in total. The standard InChI is InChI=1S/C26H28FNO7/c1-17-5-4-6-21(22(17)25(29)31-3)23(30-2)26(14-33-16-34-15-26)13-32-11-20-12-35-24(28-20)18-7-9-19(27)10-8-18/h4-10,12,23H,11,13-16H2,1-3H3. The van der Waals surface area contributed by atoms with Crippen LogP contribution in [0.4, 0.5) is 4.39 Å². The van der Waals surface area contributed by atoms with Crippen LogP contribution in [-0.2, 0) is 30.3 Å². The number of aromatic nitrogens is 1. The second-order valence-electron chi connectivity index (χ2n) is 8.47. The zero-order chi connectivity index (χ0) is 24.8. The Morgan fingerprint density at radius 1 is 1.14 bits per heavy atom. The third kappa shape index (κ3) is 5.43. The molecule has 9 heteroatoms. The van der Waals surface area contributed by atoms with Gasteiger partial charge >= 0.3 is 5.97 Å². The Hall–Kier alpha value is -3.11. The topological polar surface area (TPSA) is 89.3 Å². The van der Waals surface area contributed by atoms with Crippen LogP contribution >= 0.6 is 0 Å². The number of oxazole rings is 1. The molecule has 0 radical (unpaired) electrons. The average molecular weight is 486 g/mol. The molecule has 1 aliphatic rings. The molecular formula is C26H28FNO7. The van der Waals surface area contributed by atoms with Gasteiger partial charge in [0, 0.05) is 12.7 Å². The summed E-state index contributed by atoms with van der Waals surface area (Å²) in [6, 6.07) is 11.5.